The summed E-state index contributed by atoms with van der Waals surface area (Å²) < 4.78 is -0.532. The van der Waals surface area contributed by atoms with Gasteiger partial charge in [-0.2, -0.15) is 0 Å². The highest BCUT2D eigenvalue weighted by molar-refractivity contribution is 5.71. The standard InChI is InChI=1S/C8H15NO3/c1-7(8(10)11)9(12)5-3-2-4-6-9/h7H,2-6H2,1H3,(H,10,11). The van der Waals surface area contributed by atoms with E-state index in [0.717, 1.165) is 19.3 Å². The van der Waals surface area contributed by atoms with Crippen LogP contribution in [0.15, 0.2) is 0 Å². The van der Waals surface area contributed by atoms with Crippen molar-refractivity contribution in [2.75, 3.05) is 13.1 Å². The molecule has 0 radical (unpaired) electrons. The number of hydroxylamine groups is 3. The number of rotatable bonds is 2. The van der Waals surface area contributed by atoms with Gasteiger partial charge >= 0.3 is 5.97 Å². The van der Waals surface area contributed by atoms with Crippen LogP contribution < -0.4 is 0 Å². The number of hydrogen-bond donors (Lipinski definition) is 1. The van der Waals surface area contributed by atoms with Gasteiger partial charge < -0.3 is 15.0 Å². The Bertz CT molecular complexity index is 175. The summed E-state index contributed by atoms with van der Waals surface area (Å²) in [7, 11) is 0. The number of hydrogen-bond acceptors (Lipinski definition) is 2. The lowest BCUT2D eigenvalue weighted by Gasteiger charge is -2.48. The van der Waals surface area contributed by atoms with Crippen molar-refractivity contribution in [3.63, 3.8) is 0 Å². The van der Waals surface area contributed by atoms with E-state index >= 15 is 0 Å². The third kappa shape index (κ3) is 1.76. The Balaban J connectivity index is 2.62. The second-order valence-corrected chi connectivity index (χ2v) is 3.47. The average Bonchev–Trinajstić information content (AvgIpc) is 2.04. The van der Waals surface area contributed by atoms with E-state index in [1.165, 1.54) is 6.92 Å². The second-order valence-electron chi connectivity index (χ2n) is 3.47. The predicted octanol–water partition coefficient (Wildman–Crippen LogP) is 0.958. The molecule has 0 aliphatic carbocycles. The third-order valence-electron chi connectivity index (χ3n) is 2.64. The van der Waals surface area contributed by atoms with E-state index in [9.17, 15) is 10.0 Å². The molecule has 1 unspecified atom stereocenters. The molecule has 1 saturated heterocycles. The first-order chi connectivity index (χ1) is 5.56. The van der Waals surface area contributed by atoms with Crippen LogP contribution in [0.5, 0.6) is 0 Å². The molecular weight excluding hydrogens is 158 g/mol. The number of carboxylic acid groups (broad SMARTS) is 1. The highest BCUT2D eigenvalue weighted by Crippen LogP contribution is 2.21. The van der Waals surface area contributed by atoms with Gasteiger partial charge in [0.05, 0.1) is 13.1 Å². The van der Waals surface area contributed by atoms with Crippen LogP contribution in [-0.2, 0) is 4.79 Å². The van der Waals surface area contributed by atoms with E-state index in [2.05, 4.69) is 0 Å². The summed E-state index contributed by atoms with van der Waals surface area (Å²) in [5.41, 5.74) is 0. The highest BCUT2D eigenvalue weighted by atomic mass is 16.6. The number of nitrogens with zero attached hydrogens (tertiary/aromatic N) is 1. The molecule has 12 heavy (non-hydrogen) atoms. The first-order valence-electron chi connectivity index (χ1n) is 4.37. The lowest BCUT2D eigenvalue weighted by molar-refractivity contribution is -0.899. The Morgan fingerprint density at radius 2 is 1.92 bits per heavy atom. The molecule has 4 nitrogen and oxygen atoms in total. The number of likely N-dealkylation sites (tertiary alicyclic amines) is 1. The van der Waals surface area contributed by atoms with Gasteiger partial charge in [-0.3, -0.25) is 0 Å². The molecule has 1 aliphatic rings. The number of carboxylic acids is 1. The minimum absolute atomic E-state index is 0.466. The van der Waals surface area contributed by atoms with E-state index in [0.29, 0.717) is 13.1 Å². The molecule has 1 heterocycles. The quantitative estimate of drug-likeness (QED) is 0.499. The summed E-state index contributed by atoms with van der Waals surface area (Å²) in [4.78, 5) is 10.6. The lowest BCUT2D eigenvalue weighted by Crippen LogP contribution is -2.55. The largest absolute Gasteiger partial charge is 0.632 e. The summed E-state index contributed by atoms with van der Waals surface area (Å²) in [6, 6.07) is -0.801. The monoisotopic (exact) mass is 173 g/mol. The molecule has 1 atom stereocenters. The molecule has 70 valence electrons. The number of aliphatic carboxylic acids is 1. The zero-order valence-corrected chi connectivity index (χ0v) is 7.32. The van der Waals surface area contributed by atoms with Crippen LogP contribution in [0.4, 0.5) is 0 Å². The molecule has 0 aromatic heterocycles. The zero-order valence-electron chi connectivity index (χ0n) is 7.32. The van der Waals surface area contributed by atoms with Crippen molar-refractivity contribution in [2.24, 2.45) is 0 Å². The molecule has 0 spiro atoms. The molecule has 1 fully saturated rings. The molecule has 0 aromatic carbocycles. The van der Waals surface area contributed by atoms with Gasteiger partial charge in [-0.05, 0) is 26.2 Å². The van der Waals surface area contributed by atoms with Crippen LogP contribution in [0.1, 0.15) is 26.2 Å². The molecule has 0 amide bonds. The maximum Gasteiger partial charge on any atom is 0.362 e. The summed E-state index contributed by atoms with van der Waals surface area (Å²) in [6.45, 7) is 2.43. The summed E-state index contributed by atoms with van der Waals surface area (Å²) >= 11 is 0. The van der Waals surface area contributed by atoms with E-state index in [-0.39, 0.29) is 0 Å². The average molecular weight is 173 g/mol. The molecule has 1 N–H and O–H groups in total. The lowest BCUT2D eigenvalue weighted by atomic mass is 10.1. The van der Waals surface area contributed by atoms with Crippen LogP contribution in [0, 0.1) is 5.21 Å². The Morgan fingerprint density at radius 1 is 1.42 bits per heavy atom. The Labute approximate surface area is 72.0 Å². The normalized spacial score (nSPS) is 24.8. The van der Waals surface area contributed by atoms with Gasteiger partial charge in [0.15, 0.2) is 6.04 Å². The van der Waals surface area contributed by atoms with E-state index in [4.69, 9.17) is 5.11 Å². The first-order valence-corrected chi connectivity index (χ1v) is 4.37. The van der Waals surface area contributed by atoms with Crippen molar-refractivity contribution < 1.29 is 14.5 Å². The molecule has 1 rings (SSSR count). The van der Waals surface area contributed by atoms with Crippen molar-refractivity contribution in [1.82, 2.24) is 0 Å². The maximum atomic E-state index is 11.8. The van der Waals surface area contributed by atoms with Gasteiger partial charge in [-0.15, -0.1) is 0 Å². The zero-order chi connectivity index (χ0) is 9.19. The van der Waals surface area contributed by atoms with E-state index in [1.54, 1.807) is 0 Å². The van der Waals surface area contributed by atoms with E-state index < -0.39 is 16.7 Å². The van der Waals surface area contributed by atoms with Crippen LogP contribution in [0.3, 0.4) is 0 Å². The molecule has 0 bridgehead atoms. The van der Waals surface area contributed by atoms with Gasteiger partial charge in [-0.1, -0.05) is 0 Å². The molecular formula is C8H15NO3. The van der Waals surface area contributed by atoms with Crippen molar-refractivity contribution >= 4 is 5.97 Å². The maximum absolute atomic E-state index is 11.8. The smallest absolute Gasteiger partial charge is 0.362 e. The Morgan fingerprint density at radius 3 is 2.33 bits per heavy atom. The predicted molar refractivity (Wildman–Crippen MR) is 44.3 cm³/mol. The number of quaternary nitrogens is 1. The summed E-state index contributed by atoms with van der Waals surface area (Å²) in [5, 5.41) is 20.5. The fourth-order valence-electron chi connectivity index (χ4n) is 1.64. The molecule has 0 aromatic rings. The van der Waals surface area contributed by atoms with Gasteiger partial charge in [0.1, 0.15) is 0 Å². The van der Waals surface area contributed by atoms with Gasteiger partial charge in [0.2, 0.25) is 0 Å². The summed E-state index contributed by atoms with van der Waals surface area (Å²) in [5.74, 6) is -0.980. The molecule has 1 aliphatic heterocycles. The van der Waals surface area contributed by atoms with Gasteiger partial charge in [0.25, 0.3) is 0 Å². The SMILES string of the molecule is CC(C(=O)O)[N+]1([O-])CCCCC1. The third-order valence-corrected chi connectivity index (χ3v) is 2.64. The number of piperidine rings is 1. The molecule has 4 heteroatoms. The Kier molecular flexibility index (Phi) is 2.69. The fraction of sp³-hybridized carbons (Fsp3) is 0.875. The van der Waals surface area contributed by atoms with Crippen molar-refractivity contribution in [3.8, 4) is 0 Å². The van der Waals surface area contributed by atoms with Crippen LogP contribution >= 0.6 is 0 Å². The van der Waals surface area contributed by atoms with Crippen molar-refractivity contribution in [1.29, 1.82) is 0 Å². The number of carbonyl (C=O) groups is 1. The van der Waals surface area contributed by atoms with Crippen molar-refractivity contribution in [3.05, 3.63) is 5.21 Å². The molecule has 0 saturated carbocycles. The minimum atomic E-state index is -0.980. The van der Waals surface area contributed by atoms with Crippen LogP contribution in [0.25, 0.3) is 0 Å². The summed E-state index contributed by atoms with van der Waals surface area (Å²) in [6.07, 6.45) is 2.79. The van der Waals surface area contributed by atoms with Crippen LogP contribution in [-0.4, -0.2) is 34.9 Å². The minimum Gasteiger partial charge on any atom is -0.632 e. The fourth-order valence-corrected chi connectivity index (χ4v) is 1.64. The topological polar surface area (TPSA) is 60.4 Å². The van der Waals surface area contributed by atoms with Crippen LogP contribution in [0.2, 0.25) is 0 Å². The Hall–Kier alpha value is -0.610. The first kappa shape index (κ1) is 9.48. The van der Waals surface area contributed by atoms with E-state index in [1.807, 2.05) is 0 Å². The van der Waals surface area contributed by atoms with Gasteiger partial charge in [-0.25, -0.2) is 4.79 Å². The van der Waals surface area contributed by atoms with Crippen molar-refractivity contribution in [2.45, 2.75) is 32.2 Å². The van der Waals surface area contributed by atoms with Gasteiger partial charge in [0, 0.05) is 0 Å². The second kappa shape index (κ2) is 3.41. The highest BCUT2D eigenvalue weighted by Gasteiger charge is 2.32.